The van der Waals surface area contributed by atoms with E-state index in [1.807, 2.05) is 24.4 Å². The predicted molar refractivity (Wildman–Crippen MR) is 71.1 cm³/mol. The smallest absolute Gasteiger partial charge is 0.107 e. The van der Waals surface area contributed by atoms with E-state index < -0.39 is 0 Å². The Kier molecular flexibility index (Phi) is 4.67. The van der Waals surface area contributed by atoms with E-state index in [1.165, 1.54) is 10.4 Å². The van der Waals surface area contributed by atoms with Crippen LogP contribution in [0.2, 0.25) is 0 Å². The molecule has 2 aromatic rings. The number of hydrogen-bond acceptors (Lipinski definition) is 4. The number of thiazole rings is 1. The molecule has 0 unspecified atom stereocenters. The van der Waals surface area contributed by atoms with Crippen molar-refractivity contribution >= 4 is 11.3 Å². The van der Waals surface area contributed by atoms with Crippen LogP contribution in [0.15, 0.2) is 36.5 Å². The van der Waals surface area contributed by atoms with Crippen LogP contribution in [0.3, 0.4) is 0 Å². The lowest BCUT2D eigenvalue weighted by Crippen LogP contribution is -2.18. The van der Waals surface area contributed by atoms with Gasteiger partial charge in [0.05, 0.1) is 11.5 Å². The Morgan fingerprint density at radius 2 is 2.12 bits per heavy atom. The van der Waals surface area contributed by atoms with Gasteiger partial charge in [-0.3, -0.25) is 0 Å². The maximum Gasteiger partial charge on any atom is 0.107 e. The van der Waals surface area contributed by atoms with Crippen molar-refractivity contribution in [1.29, 1.82) is 0 Å². The van der Waals surface area contributed by atoms with Crippen LogP contribution in [0.5, 0.6) is 0 Å². The summed E-state index contributed by atoms with van der Waals surface area (Å²) >= 11 is 1.73. The normalized spacial score (nSPS) is 10.6. The van der Waals surface area contributed by atoms with Gasteiger partial charge >= 0.3 is 0 Å². The Morgan fingerprint density at radius 1 is 1.29 bits per heavy atom. The molecule has 0 bridgehead atoms. The predicted octanol–water partition coefficient (Wildman–Crippen LogP) is 2.55. The molecule has 90 valence electrons. The van der Waals surface area contributed by atoms with Crippen molar-refractivity contribution in [2.45, 2.75) is 6.54 Å². The maximum atomic E-state index is 4.97. The number of aromatic nitrogens is 1. The van der Waals surface area contributed by atoms with Crippen molar-refractivity contribution in [3.8, 4) is 10.4 Å². The van der Waals surface area contributed by atoms with Gasteiger partial charge in [-0.15, -0.1) is 11.3 Å². The average molecular weight is 248 g/mol. The van der Waals surface area contributed by atoms with Crippen LogP contribution in [0, 0.1) is 0 Å². The van der Waals surface area contributed by atoms with Crippen LogP contribution < -0.4 is 5.32 Å². The number of ether oxygens (including phenoxy) is 1. The van der Waals surface area contributed by atoms with Gasteiger partial charge in [-0.05, 0) is 5.56 Å². The molecule has 0 fully saturated rings. The van der Waals surface area contributed by atoms with Crippen molar-refractivity contribution in [3.63, 3.8) is 0 Å². The minimum absolute atomic E-state index is 0.733. The number of methoxy groups -OCH3 is 1. The molecule has 3 nitrogen and oxygen atoms in total. The lowest BCUT2D eigenvalue weighted by atomic mass is 10.2. The molecule has 1 aromatic heterocycles. The molecule has 0 spiro atoms. The van der Waals surface area contributed by atoms with Crippen LogP contribution in [0.25, 0.3) is 10.4 Å². The van der Waals surface area contributed by atoms with Crippen LogP contribution in [0.4, 0.5) is 0 Å². The standard InChI is InChI=1S/C13H16N2OS/c1-16-8-7-14-10-13-15-9-12(17-13)11-5-3-2-4-6-11/h2-6,9,14H,7-8,10H2,1H3. The zero-order valence-corrected chi connectivity index (χ0v) is 10.7. The molecule has 0 aliphatic carbocycles. The van der Waals surface area contributed by atoms with E-state index in [2.05, 4.69) is 22.4 Å². The van der Waals surface area contributed by atoms with E-state index in [0.717, 1.165) is 24.7 Å². The first-order chi connectivity index (χ1) is 8.40. The third kappa shape index (κ3) is 3.63. The van der Waals surface area contributed by atoms with E-state index in [9.17, 15) is 0 Å². The Morgan fingerprint density at radius 3 is 2.88 bits per heavy atom. The molecule has 0 saturated heterocycles. The fourth-order valence-electron chi connectivity index (χ4n) is 1.50. The number of nitrogens with zero attached hydrogens (tertiary/aromatic N) is 1. The molecule has 4 heteroatoms. The first-order valence-electron chi connectivity index (χ1n) is 5.60. The Balaban J connectivity index is 1.92. The van der Waals surface area contributed by atoms with Gasteiger partial charge in [0, 0.05) is 26.4 Å². The van der Waals surface area contributed by atoms with Gasteiger partial charge in [0.25, 0.3) is 0 Å². The largest absolute Gasteiger partial charge is 0.383 e. The third-order valence-corrected chi connectivity index (χ3v) is 3.42. The number of benzene rings is 1. The van der Waals surface area contributed by atoms with E-state index in [4.69, 9.17) is 4.74 Å². The quantitative estimate of drug-likeness (QED) is 0.798. The summed E-state index contributed by atoms with van der Waals surface area (Å²) in [6, 6.07) is 10.3. The Labute approximate surface area is 105 Å². The van der Waals surface area contributed by atoms with Gasteiger partial charge in [0.15, 0.2) is 0 Å². The van der Waals surface area contributed by atoms with Gasteiger partial charge in [-0.2, -0.15) is 0 Å². The molecule has 17 heavy (non-hydrogen) atoms. The van der Waals surface area contributed by atoms with Crippen molar-refractivity contribution in [2.75, 3.05) is 20.3 Å². The lowest BCUT2D eigenvalue weighted by Gasteiger charge is -2.00. The number of nitrogens with one attached hydrogen (secondary N) is 1. The monoisotopic (exact) mass is 248 g/mol. The molecule has 1 heterocycles. The van der Waals surface area contributed by atoms with Crippen molar-refractivity contribution in [2.24, 2.45) is 0 Å². The highest BCUT2D eigenvalue weighted by atomic mass is 32.1. The summed E-state index contributed by atoms with van der Waals surface area (Å²) in [7, 11) is 1.71. The van der Waals surface area contributed by atoms with E-state index >= 15 is 0 Å². The molecule has 0 aliphatic heterocycles. The summed E-state index contributed by atoms with van der Waals surface area (Å²) in [4.78, 5) is 5.62. The highest BCUT2D eigenvalue weighted by Gasteiger charge is 2.03. The van der Waals surface area contributed by atoms with Gasteiger partial charge in [0.2, 0.25) is 0 Å². The Bertz CT molecular complexity index is 442. The van der Waals surface area contributed by atoms with Crippen molar-refractivity contribution < 1.29 is 4.74 Å². The second kappa shape index (κ2) is 6.49. The summed E-state index contributed by atoms with van der Waals surface area (Å²) < 4.78 is 4.97. The summed E-state index contributed by atoms with van der Waals surface area (Å²) in [5.74, 6) is 0. The van der Waals surface area contributed by atoms with E-state index in [-0.39, 0.29) is 0 Å². The fourth-order valence-corrected chi connectivity index (χ4v) is 2.39. The summed E-state index contributed by atoms with van der Waals surface area (Å²) in [6.45, 7) is 2.40. The minimum atomic E-state index is 0.733. The Hall–Kier alpha value is -1.23. The second-order valence-electron chi connectivity index (χ2n) is 3.65. The highest BCUT2D eigenvalue weighted by Crippen LogP contribution is 2.25. The van der Waals surface area contributed by atoms with Crippen LogP contribution in [-0.4, -0.2) is 25.2 Å². The second-order valence-corrected chi connectivity index (χ2v) is 4.77. The summed E-state index contributed by atoms with van der Waals surface area (Å²) in [6.07, 6.45) is 1.94. The molecule has 0 aliphatic rings. The van der Waals surface area contributed by atoms with E-state index in [1.54, 1.807) is 18.4 Å². The number of rotatable bonds is 6. The van der Waals surface area contributed by atoms with Crippen molar-refractivity contribution in [1.82, 2.24) is 10.3 Å². The lowest BCUT2D eigenvalue weighted by molar-refractivity contribution is 0.199. The molecule has 2 rings (SSSR count). The zero-order valence-electron chi connectivity index (χ0n) is 9.85. The van der Waals surface area contributed by atoms with E-state index in [0.29, 0.717) is 0 Å². The molecule has 1 aromatic carbocycles. The maximum absolute atomic E-state index is 4.97. The molecule has 0 radical (unpaired) electrons. The molecular formula is C13H16N2OS. The zero-order chi connectivity index (χ0) is 11.9. The van der Waals surface area contributed by atoms with Gasteiger partial charge < -0.3 is 10.1 Å². The van der Waals surface area contributed by atoms with Crippen LogP contribution in [0.1, 0.15) is 5.01 Å². The van der Waals surface area contributed by atoms with Gasteiger partial charge in [0.1, 0.15) is 5.01 Å². The molecule has 0 atom stereocenters. The van der Waals surface area contributed by atoms with Gasteiger partial charge in [-0.1, -0.05) is 30.3 Å². The third-order valence-electron chi connectivity index (χ3n) is 2.37. The topological polar surface area (TPSA) is 34.1 Å². The summed E-state index contributed by atoms with van der Waals surface area (Å²) in [5.41, 5.74) is 1.23. The SMILES string of the molecule is COCCNCc1ncc(-c2ccccc2)s1. The van der Waals surface area contributed by atoms with Gasteiger partial charge in [-0.25, -0.2) is 4.98 Å². The van der Waals surface area contributed by atoms with Crippen LogP contribution >= 0.6 is 11.3 Å². The highest BCUT2D eigenvalue weighted by molar-refractivity contribution is 7.15. The molecule has 1 N–H and O–H groups in total. The number of hydrogen-bond donors (Lipinski definition) is 1. The van der Waals surface area contributed by atoms with Crippen molar-refractivity contribution in [3.05, 3.63) is 41.5 Å². The minimum Gasteiger partial charge on any atom is -0.383 e. The molecular weight excluding hydrogens is 232 g/mol. The van der Waals surface area contributed by atoms with Crippen LogP contribution in [-0.2, 0) is 11.3 Å². The summed E-state index contributed by atoms with van der Waals surface area (Å²) in [5, 5.41) is 4.40. The molecule has 0 amide bonds. The average Bonchev–Trinajstić information content (AvgIpc) is 2.85. The fraction of sp³-hybridized carbons (Fsp3) is 0.308. The first kappa shape index (κ1) is 12.2. The molecule has 0 saturated carbocycles. The first-order valence-corrected chi connectivity index (χ1v) is 6.41.